The molecule has 7 heteroatoms. The van der Waals surface area contributed by atoms with Gasteiger partial charge in [0.1, 0.15) is 5.58 Å². The largest absolute Gasteiger partial charge is 0.421 e. The van der Waals surface area contributed by atoms with Crippen LogP contribution >= 0.6 is 0 Å². The van der Waals surface area contributed by atoms with Crippen LogP contribution in [0.2, 0.25) is 0 Å². The van der Waals surface area contributed by atoms with E-state index in [0.717, 1.165) is 5.56 Å². The van der Waals surface area contributed by atoms with Gasteiger partial charge in [-0.1, -0.05) is 29.8 Å². The molecule has 2 N–H and O–H groups in total. The van der Waals surface area contributed by atoms with Gasteiger partial charge < -0.3 is 9.73 Å². The Morgan fingerprint density at radius 2 is 1.62 bits per heavy atom. The maximum Gasteiger partial charge on any atom is 0.363 e. The van der Waals surface area contributed by atoms with Crippen LogP contribution in [0.5, 0.6) is 0 Å². The monoisotopic (exact) mass is 344 g/mol. The van der Waals surface area contributed by atoms with Crippen molar-refractivity contribution in [3.63, 3.8) is 0 Å². The molecule has 3 aromatic rings. The summed E-state index contributed by atoms with van der Waals surface area (Å²) < 4.78 is 32.7. The fourth-order valence-corrected chi connectivity index (χ4v) is 3.48. The number of sulfonamides is 1. The van der Waals surface area contributed by atoms with Crippen molar-refractivity contribution in [2.75, 3.05) is 17.1 Å². The highest BCUT2D eigenvalue weighted by Gasteiger charge is 2.21. The van der Waals surface area contributed by atoms with Gasteiger partial charge in [0.15, 0.2) is 5.69 Å². The van der Waals surface area contributed by atoms with Gasteiger partial charge in [0.2, 0.25) is 0 Å². The van der Waals surface area contributed by atoms with Crippen LogP contribution in [0.4, 0.5) is 11.4 Å². The minimum atomic E-state index is -3.90. The van der Waals surface area contributed by atoms with Crippen molar-refractivity contribution in [3.05, 3.63) is 64.5 Å². The number of hydrogen-bond donors (Lipinski definition) is 2. The van der Waals surface area contributed by atoms with E-state index in [-0.39, 0.29) is 10.6 Å². The molecule has 0 saturated carbocycles. The van der Waals surface area contributed by atoms with Crippen LogP contribution in [-0.4, -0.2) is 15.5 Å². The first kappa shape index (κ1) is 16.1. The Labute approximate surface area is 139 Å². The highest BCUT2D eigenvalue weighted by atomic mass is 32.2. The molecule has 0 atom stereocenters. The van der Waals surface area contributed by atoms with E-state index < -0.39 is 15.6 Å². The van der Waals surface area contributed by atoms with Gasteiger partial charge in [-0.05, 0) is 31.2 Å². The second kappa shape index (κ2) is 6.01. The Morgan fingerprint density at radius 1 is 0.958 bits per heavy atom. The lowest BCUT2D eigenvalue weighted by Crippen LogP contribution is -2.20. The zero-order chi connectivity index (χ0) is 17.3. The molecule has 1 aromatic heterocycles. The summed E-state index contributed by atoms with van der Waals surface area (Å²) in [5.74, 6) is 0. The first-order valence-electron chi connectivity index (χ1n) is 7.25. The number of rotatable bonds is 4. The molecule has 124 valence electrons. The second-order valence-electron chi connectivity index (χ2n) is 5.30. The zero-order valence-electron chi connectivity index (χ0n) is 13.2. The summed E-state index contributed by atoms with van der Waals surface area (Å²) in [5, 5.41) is 3.49. The molecule has 0 saturated heterocycles. The maximum atomic E-state index is 12.5. The first-order valence-corrected chi connectivity index (χ1v) is 8.74. The van der Waals surface area contributed by atoms with Gasteiger partial charge in [-0.2, -0.15) is 0 Å². The zero-order valence-corrected chi connectivity index (χ0v) is 14.0. The second-order valence-corrected chi connectivity index (χ2v) is 6.99. The summed E-state index contributed by atoms with van der Waals surface area (Å²) >= 11 is 0. The highest BCUT2D eigenvalue weighted by Crippen LogP contribution is 2.29. The first-order chi connectivity index (χ1) is 11.4. The maximum absolute atomic E-state index is 12.5. The molecule has 0 unspecified atom stereocenters. The molecule has 0 aliphatic rings. The van der Waals surface area contributed by atoms with Crippen LogP contribution in [0.25, 0.3) is 11.0 Å². The van der Waals surface area contributed by atoms with E-state index in [2.05, 4.69) is 10.0 Å². The quantitative estimate of drug-likeness (QED) is 0.711. The average molecular weight is 344 g/mol. The molecule has 6 nitrogen and oxygen atoms in total. The van der Waals surface area contributed by atoms with Crippen molar-refractivity contribution in [1.29, 1.82) is 0 Å². The topological polar surface area (TPSA) is 88.4 Å². The molecule has 1 heterocycles. The summed E-state index contributed by atoms with van der Waals surface area (Å²) in [4.78, 5) is 12.3. The molecular formula is C17H16N2O4S. The predicted molar refractivity (Wildman–Crippen MR) is 94.0 cm³/mol. The summed E-state index contributed by atoms with van der Waals surface area (Å²) in [7, 11) is -2.29. The number of para-hydroxylation sites is 1. The Kier molecular flexibility index (Phi) is 4.02. The van der Waals surface area contributed by atoms with Crippen molar-refractivity contribution in [2.24, 2.45) is 0 Å². The van der Waals surface area contributed by atoms with Crippen LogP contribution in [0.15, 0.2) is 62.6 Å². The smallest absolute Gasteiger partial charge is 0.363 e. The van der Waals surface area contributed by atoms with Crippen LogP contribution in [0, 0.1) is 6.92 Å². The minimum absolute atomic E-state index is 0.0720. The van der Waals surface area contributed by atoms with Crippen molar-refractivity contribution in [2.45, 2.75) is 11.8 Å². The van der Waals surface area contributed by atoms with Gasteiger partial charge in [0.25, 0.3) is 10.0 Å². The third-order valence-electron chi connectivity index (χ3n) is 3.63. The van der Waals surface area contributed by atoms with Gasteiger partial charge in [0.05, 0.1) is 10.6 Å². The van der Waals surface area contributed by atoms with Crippen LogP contribution in [0.1, 0.15) is 5.56 Å². The molecular weight excluding hydrogens is 328 g/mol. The number of aryl methyl sites for hydroxylation is 1. The Morgan fingerprint density at radius 3 is 2.29 bits per heavy atom. The van der Waals surface area contributed by atoms with Gasteiger partial charge in [-0.25, -0.2) is 13.2 Å². The van der Waals surface area contributed by atoms with E-state index in [1.165, 1.54) is 12.1 Å². The third kappa shape index (κ3) is 2.85. The summed E-state index contributed by atoms with van der Waals surface area (Å²) in [6.07, 6.45) is 0. The molecule has 3 rings (SSSR count). The molecule has 0 fully saturated rings. The number of nitrogens with one attached hydrogen (secondary N) is 2. The minimum Gasteiger partial charge on any atom is -0.421 e. The van der Waals surface area contributed by atoms with Crippen molar-refractivity contribution in [3.8, 4) is 0 Å². The highest BCUT2D eigenvalue weighted by molar-refractivity contribution is 7.92. The fourth-order valence-electron chi connectivity index (χ4n) is 2.41. The Hall–Kier alpha value is -2.80. The number of benzene rings is 2. The van der Waals surface area contributed by atoms with Crippen LogP contribution < -0.4 is 15.7 Å². The van der Waals surface area contributed by atoms with E-state index >= 15 is 0 Å². The summed E-state index contributed by atoms with van der Waals surface area (Å²) in [6, 6.07) is 13.3. The van der Waals surface area contributed by atoms with Gasteiger partial charge in [-0.15, -0.1) is 0 Å². The molecule has 0 radical (unpaired) electrons. The van der Waals surface area contributed by atoms with Crippen LogP contribution in [-0.2, 0) is 10.0 Å². The number of hydrogen-bond acceptors (Lipinski definition) is 5. The van der Waals surface area contributed by atoms with Crippen molar-refractivity contribution in [1.82, 2.24) is 0 Å². The Bertz CT molecular complexity index is 1050. The molecule has 0 aliphatic carbocycles. The molecule has 24 heavy (non-hydrogen) atoms. The normalized spacial score (nSPS) is 11.4. The molecule has 0 amide bonds. The van der Waals surface area contributed by atoms with Gasteiger partial charge in [-0.3, -0.25) is 4.72 Å². The van der Waals surface area contributed by atoms with Crippen LogP contribution in [0.3, 0.4) is 0 Å². The SMILES string of the molecule is CNc1c(NS(=O)(=O)c2ccc(C)cc2)c(=O)oc2ccccc12. The summed E-state index contributed by atoms with van der Waals surface area (Å²) in [6.45, 7) is 1.86. The van der Waals surface area contributed by atoms with E-state index in [1.807, 2.05) is 6.92 Å². The van der Waals surface area contributed by atoms with Gasteiger partial charge >= 0.3 is 5.63 Å². The lowest BCUT2D eigenvalue weighted by molar-refractivity contribution is 0.563. The van der Waals surface area contributed by atoms with Crippen molar-refractivity contribution < 1.29 is 12.8 Å². The summed E-state index contributed by atoms with van der Waals surface area (Å²) in [5.41, 5.74) is 0.795. The van der Waals surface area contributed by atoms with E-state index in [9.17, 15) is 13.2 Å². The standard InChI is InChI=1S/C17H16N2O4S/c1-11-7-9-12(10-8-11)24(21,22)19-16-15(18-2)13-5-3-4-6-14(13)23-17(16)20/h3-10,18-19H,1-2H3. The molecule has 0 aliphatic heterocycles. The number of anilines is 2. The Balaban J connectivity index is 2.14. The van der Waals surface area contributed by atoms with E-state index in [1.54, 1.807) is 43.4 Å². The lowest BCUT2D eigenvalue weighted by Gasteiger charge is -2.13. The average Bonchev–Trinajstić information content (AvgIpc) is 2.56. The fraction of sp³-hybridized carbons (Fsp3) is 0.118. The molecule has 0 bridgehead atoms. The third-order valence-corrected chi connectivity index (χ3v) is 5.00. The predicted octanol–water partition coefficient (Wildman–Crippen LogP) is 2.94. The van der Waals surface area contributed by atoms with Gasteiger partial charge in [0, 0.05) is 12.4 Å². The van der Waals surface area contributed by atoms with E-state index in [4.69, 9.17) is 4.42 Å². The molecule has 2 aromatic carbocycles. The van der Waals surface area contributed by atoms with E-state index in [0.29, 0.717) is 16.7 Å². The number of fused-ring (bicyclic) bond motifs is 1. The van der Waals surface area contributed by atoms with Crippen molar-refractivity contribution >= 4 is 32.4 Å². The molecule has 0 spiro atoms. The lowest BCUT2D eigenvalue weighted by atomic mass is 10.2.